The number of benzene rings is 2. The van der Waals surface area contributed by atoms with Crippen LogP contribution in [0.5, 0.6) is 0 Å². The van der Waals surface area contributed by atoms with E-state index in [0.717, 1.165) is 11.1 Å². The van der Waals surface area contributed by atoms with Gasteiger partial charge in [-0.1, -0.05) is 35.3 Å². The highest BCUT2D eigenvalue weighted by Crippen LogP contribution is 2.25. The molecule has 0 aromatic heterocycles. The SMILES string of the molecule is Cc1cccc(NC(=O)CC(=O)Nc2ccc(Cl)c(Cl)c2)c1C. The van der Waals surface area contributed by atoms with E-state index in [-0.39, 0.29) is 12.3 Å². The number of carbonyl (C=O) groups excluding carboxylic acids is 2. The minimum Gasteiger partial charge on any atom is -0.326 e. The highest BCUT2D eigenvalue weighted by Gasteiger charge is 2.12. The van der Waals surface area contributed by atoms with E-state index in [0.29, 0.717) is 21.4 Å². The molecule has 0 spiro atoms. The van der Waals surface area contributed by atoms with Crippen molar-refractivity contribution >= 4 is 46.4 Å². The topological polar surface area (TPSA) is 58.2 Å². The van der Waals surface area contributed by atoms with Gasteiger partial charge in [0.2, 0.25) is 11.8 Å². The molecule has 0 aliphatic carbocycles. The van der Waals surface area contributed by atoms with Gasteiger partial charge in [-0.15, -0.1) is 0 Å². The molecule has 0 unspecified atom stereocenters. The van der Waals surface area contributed by atoms with Crippen LogP contribution in [0.2, 0.25) is 10.0 Å². The van der Waals surface area contributed by atoms with Gasteiger partial charge in [0.1, 0.15) is 6.42 Å². The number of amides is 2. The molecule has 0 aliphatic rings. The molecule has 0 atom stereocenters. The quantitative estimate of drug-likeness (QED) is 0.793. The van der Waals surface area contributed by atoms with Crippen molar-refractivity contribution in [2.45, 2.75) is 20.3 Å². The van der Waals surface area contributed by atoms with Gasteiger partial charge in [0, 0.05) is 11.4 Å². The van der Waals surface area contributed by atoms with Crippen molar-refractivity contribution in [1.29, 1.82) is 0 Å². The van der Waals surface area contributed by atoms with E-state index < -0.39 is 5.91 Å². The van der Waals surface area contributed by atoms with E-state index in [9.17, 15) is 9.59 Å². The third kappa shape index (κ3) is 4.71. The molecule has 0 heterocycles. The third-order valence-electron chi connectivity index (χ3n) is 3.40. The summed E-state index contributed by atoms with van der Waals surface area (Å²) in [4.78, 5) is 23.9. The van der Waals surface area contributed by atoms with Crippen molar-refractivity contribution in [3.63, 3.8) is 0 Å². The van der Waals surface area contributed by atoms with Gasteiger partial charge in [-0.25, -0.2) is 0 Å². The lowest BCUT2D eigenvalue weighted by atomic mass is 10.1. The van der Waals surface area contributed by atoms with Crippen molar-refractivity contribution in [2.75, 3.05) is 10.6 Å². The highest BCUT2D eigenvalue weighted by atomic mass is 35.5. The maximum Gasteiger partial charge on any atom is 0.233 e. The molecule has 120 valence electrons. The summed E-state index contributed by atoms with van der Waals surface area (Å²) in [5.41, 5.74) is 3.25. The average molecular weight is 351 g/mol. The Bertz CT molecular complexity index is 760. The summed E-state index contributed by atoms with van der Waals surface area (Å²) in [7, 11) is 0. The molecule has 2 N–H and O–H groups in total. The lowest BCUT2D eigenvalue weighted by molar-refractivity contribution is -0.123. The summed E-state index contributed by atoms with van der Waals surface area (Å²) in [6.07, 6.45) is -0.284. The fourth-order valence-electron chi connectivity index (χ4n) is 2.01. The number of aryl methyl sites for hydroxylation is 1. The second-order valence-corrected chi connectivity index (χ2v) is 5.96. The van der Waals surface area contributed by atoms with Crippen LogP contribution in [0.25, 0.3) is 0 Å². The van der Waals surface area contributed by atoms with Crippen molar-refractivity contribution in [3.8, 4) is 0 Å². The van der Waals surface area contributed by atoms with Gasteiger partial charge in [-0.3, -0.25) is 9.59 Å². The Kier molecular flexibility index (Phi) is 5.64. The Hall–Kier alpha value is -2.04. The monoisotopic (exact) mass is 350 g/mol. The second-order valence-electron chi connectivity index (χ2n) is 5.15. The lowest BCUT2D eigenvalue weighted by Gasteiger charge is -2.10. The summed E-state index contributed by atoms with van der Waals surface area (Å²) >= 11 is 11.7. The molecule has 0 aliphatic heterocycles. The Morgan fingerprint density at radius 3 is 2.35 bits per heavy atom. The first-order chi connectivity index (χ1) is 10.9. The van der Waals surface area contributed by atoms with Crippen molar-refractivity contribution < 1.29 is 9.59 Å². The zero-order valence-corrected chi connectivity index (χ0v) is 14.3. The Morgan fingerprint density at radius 1 is 0.957 bits per heavy atom. The first-order valence-corrected chi connectivity index (χ1v) is 7.73. The average Bonchev–Trinajstić information content (AvgIpc) is 2.47. The highest BCUT2D eigenvalue weighted by molar-refractivity contribution is 6.42. The molecule has 0 saturated carbocycles. The number of nitrogens with one attached hydrogen (secondary N) is 2. The predicted octanol–water partition coefficient (Wildman–Crippen LogP) is 4.58. The van der Waals surface area contributed by atoms with Gasteiger partial charge in [0.25, 0.3) is 0 Å². The van der Waals surface area contributed by atoms with Crippen LogP contribution in [-0.2, 0) is 9.59 Å². The largest absolute Gasteiger partial charge is 0.326 e. The van der Waals surface area contributed by atoms with Crippen molar-refractivity contribution in [1.82, 2.24) is 0 Å². The van der Waals surface area contributed by atoms with E-state index in [2.05, 4.69) is 10.6 Å². The molecule has 6 heteroatoms. The Morgan fingerprint density at radius 2 is 1.65 bits per heavy atom. The van der Waals surface area contributed by atoms with Crippen molar-refractivity contribution in [3.05, 3.63) is 57.6 Å². The smallest absolute Gasteiger partial charge is 0.233 e. The molecule has 0 saturated heterocycles. The maximum atomic E-state index is 12.0. The van der Waals surface area contributed by atoms with Crippen molar-refractivity contribution in [2.24, 2.45) is 0 Å². The summed E-state index contributed by atoms with van der Waals surface area (Å²) in [6, 6.07) is 10.3. The van der Waals surface area contributed by atoms with Crippen LogP contribution in [0.3, 0.4) is 0 Å². The number of anilines is 2. The molecule has 4 nitrogen and oxygen atoms in total. The van der Waals surface area contributed by atoms with Gasteiger partial charge in [0.15, 0.2) is 0 Å². The molecule has 0 fully saturated rings. The van der Waals surface area contributed by atoms with Gasteiger partial charge in [0.05, 0.1) is 10.0 Å². The number of rotatable bonds is 4. The fraction of sp³-hybridized carbons (Fsp3) is 0.176. The molecular weight excluding hydrogens is 335 g/mol. The number of halogens is 2. The molecule has 2 aromatic rings. The molecule has 0 bridgehead atoms. The van der Waals surface area contributed by atoms with Gasteiger partial charge >= 0.3 is 0 Å². The van der Waals surface area contributed by atoms with Crippen LogP contribution < -0.4 is 10.6 Å². The van der Waals surface area contributed by atoms with Gasteiger partial charge in [-0.05, 0) is 49.2 Å². The number of hydrogen-bond donors (Lipinski definition) is 2. The molecule has 0 radical (unpaired) electrons. The van der Waals surface area contributed by atoms with Crippen LogP contribution in [0.4, 0.5) is 11.4 Å². The third-order valence-corrected chi connectivity index (χ3v) is 4.14. The maximum absolute atomic E-state index is 12.0. The minimum absolute atomic E-state index is 0.284. The molecule has 2 amide bonds. The summed E-state index contributed by atoms with van der Waals surface area (Å²) in [6.45, 7) is 3.88. The predicted molar refractivity (Wildman–Crippen MR) is 94.3 cm³/mol. The first-order valence-electron chi connectivity index (χ1n) is 6.98. The number of hydrogen-bond acceptors (Lipinski definition) is 2. The zero-order chi connectivity index (χ0) is 17.0. The normalized spacial score (nSPS) is 10.3. The molecule has 23 heavy (non-hydrogen) atoms. The van der Waals surface area contributed by atoms with Crippen LogP contribution in [-0.4, -0.2) is 11.8 Å². The van der Waals surface area contributed by atoms with Crippen LogP contribution >= 0.6 is 23.2 Å². The summed E-state index contributed by atoms with van der Waals surface area (Å²) < 4.78 is 0. The van der Waals surface area contributed by atoms with Crippen LogP contribution in [0, 0.1) is 13.8 Å². The minimum atomic E-state index is -0.425. The number of carbonyl (C=O) groups is 2. The lowest BCUT2D eigenvalue weighted by Crippen LogP contribution is -2.21. The van der Waals surface area contributed by atoms with Gasteiger partial charge < -0.3 is 10.6 Å². The second kappa shape index (κ2) is 7.49. The Labute approximate surface area is 144 Å². The summed E-state index contributed by atoms with van der Waals surface area (Å²) in [5.74, 6) is -0.803. The zero-order valence-electron chi connectivity index (χ0n) is 12.7. The van der Waals surface area contributed by atoms with E-state index in [1.165, 1.54) is 6.07 Å². The van der Waals surface area contributed by atoms with E-state index in [4.69, 9.17) is 23.2 Å². The van der Waals surface area contributed by atoms with Gasteiger partial charge in [-0.2, -0.15) is 0 Å². The van der Waals surface area contributed by atoms with E-state index in [1.54, 1.807) is 18.2 Å². The first kappa shape index (κ1) is 17.3. The van der Waals surface area contributed by atoms with Crippen LogP contribution in [0.15, 0.2) is 36.4 Å². The molecular formula is C17H16Cl2N2O2. The fourth-order valence-corrected chi connectivity index (χ4v) is 2.30. The molecule has 2 aromatic carbocycles. The van der Waals surface area contributed by atoms with Crippen LogP contribution in [0.1, 0.15) is 17.5 Å². The van der Waals surface area contributed by atoms with E-state index >= 15 is 0 Å². The summed E-state index contributed by atoms with van der Waals surface area (Å²) in [5, 5.41) is 6.09. The van der Waals surface area contributed by atoms with E-state index in [1.807, 2.05) is 26.0 Å². The Balaban J connectivity index is 1.95. The standard InChI is InChI=1S/C17H16Cl2N2O2/c1-10-4-3-5-15(11(10)2)21-17(23)9-16(22)20-12-6-7-13(18)14(19)8-12/h3-8H,9H2,1-2H3,(H,20,22)(H,21,23). The molecule has 2 rings (SSSR count).